The normalized spacial score (nSPS) is 21.0. The SMILES string of the molecule is CC(C)CC(C(N)CN)(C(N)CN)C(N)CN. The van der Waals surface area contributed by atoms with Crippen LogP contribution in [0.2, 0.25) is 0 Å². The fraction of sp³-hybridized carbons (Fsp3) is 1.00. The van der Waals surface area contributed by atoms with Gasteiger partial charge in [-0.1, -0.05) is 13.8 Å². The quantitative estimate of drug-likeness (QED) is 0.287. The predicted molar refractivity (Wildman–Crippen MR) is 73.0 cm³/mol. The minimum absolute atomic E-state index is 0.290. The van der Waals surface area contributed by atoms with Crippen LogP contribution >= 0.6 is 0 Å². The van der Waals surface area contributed by atoms with E-state index in [0.717, 1.165) is 6.42 Å². The van der Waals surface area contributed by atoms with E-state index in [1.807, 2.05) is 0 Å². The highest BCUT2D eigenvalue weighted by Gasteiger charge is 2.45. The van der Waals surface area contributed by atoms with Gasteiger partial charge in [-0.05, 0) is 12.3 Å². The highest BCUT2D eigenvalue weighted by atomic mass is 14.9. The lowest BCUT2D eigenvalue weighted by atomic mass is 9.64. The van der Waals surface area contributed by atoms with Gasteiger partial charge < -0.3 is 34.4 Å². The summed E-state index contributed by atoms with van der Waals surface area (Å²) in [6.45, 7) is 5.19. The molecule has 0 amide bonds. The lowest BCUT2D eigenvalue weighted by molar-refractivity contribution is 0.103. The largest absolute Gasteiger partial charge is 0.329 e. The van der Waals surface area contributed by atoms with Crippen LogP contribution in [0.4, 0.5) is 0 Å². The van der Waals surface area contributed by atoms with Crippen LogP contribution in [0.1, 0.15) is 20.3 Å². The summed E-state index contributed by atoms with van der Waals surface area (Å²) in [6.07, 6.45) is 0.780. The van der Waals surface area contributed by atoms with Gasteiger partial charge in [-0.2, -0.15) is 0 Å². The number of hydrogen-bond donors (Lipinski definition) is 6. The Morgan fingerprint density at radius 3 is 1.24 bits per heavy atom. The van der Waals surface area contributed by atoms with Gasteiger partial charge in [0.05, 0.1) is 0 Å². The van der Waals surface area contributed by atoms with Gasteiger partial charge in [-0.25, -0.2) is 0 Å². The Balaban J connectivity index is 5.34. The second-order valence-corrected chi connectivity index (χ2v) is 5.24. The maximum Gasteiger partial charge on any atom is 0.0251 e. The first-order chi connectivity index (χ1) is 7.86. The van der Waals surface area contributed by atoms with E-state index >= 15 is 0 Å². The molecule has 17 heavy (non-hydrogen) atoms. The summed E-state index contributed by atoms with van der Waals surface area (Å²) in [5.74, 6) is 0.405. The van der Waals surface area contributed by atoms with E-state index in [-0.39, 0.29) is 18.1 Å². The molecule has 6 nitrogen and oxygen atoms in total. The maximum atomic E-state index is 6.16. The molecule has 0 aliphatic carbocycles. The topological polar surface area (TPSA) is 156 Å². The zero-order chi connectivity index (χ0) is 13.6. The Labute approximate surface area is 104 Å². The highest BCUT2D eigenvalue weighted by molar-refractivity contribution is 5.05. The van der Waals surface area contributed by atoms with Crippen molar-refractivity contribution in [3.63, 3.8) is 0 Å². The molecule has 3 atom stereocenters. The van der Waals surface area contributed by atoms with E-state index in [0.29, 0.717) is 25.6 Å². The molecule has 0 bridgehead atoms. The third-order valence-electron chi connectivity index (χ3n) is 3.59. The molecule has 0 rings (SSSR count). The van der Waals surface area contributed by atoms with Gasteiger partial charge in [0.2, 0.25) is 0 Å². The van der Waals surface area contributed by atoms with E-state index in [4.69, 9.17) is 34.4 Å². The third kappa shape index (κ3) is 3.61. The molecule has 0 aromatic rings. The predicted octanol–water partition coefficient (Wildman–Crippen LogP) is -2.12. The Morgan fingerprint density at radius 2 is 1.06 bits per heavy atom. The van der Waals surface area contributed by atoms with E-state index in [1.54, 1.807) is 0 Å². The fourth-order valence-corrected chi connectivity index (χ4v) is 2.64. The van der Waals surface area contributed by atoms with Gasteiger partial charge in [0.1, 0.15) is 0 Å². The summed E-state index contributed by atoms with van der Waals surface area (Å²) in [5.41, 5.74) is 35.1. The summed E-state index contributed by atoms with van der Waals surface area (Å²) in [4.78, 5) is 0. The number of rotatable bonds is 8. The molecule has 0 spiro atoms. The molecule has 0 aliphatic heterocycles. The minimum Gasteiger partial charge on any atom is -0.329 e. The smallest absolute Gasteiger partial charge is 0.0251 e. The van der Waals surface area contributed by atoms with Crippen LogP contribution in [-0.4, -0.2) is 37.8 Å². The van der Waals surface area contributed by atoms with E-state index < -0.39 is 5.41 Å². The van der Waals surface area contributed by atoms with Gasteiger partial charge >= 0.3 is 0 Å². The zero-order valence-corrected chi connectivity index (χ0v) is 11.1. The van der Waals surface area contributed by atoms with Crippen molar-refractivity contribution in [3.05, 3.63) is 0 Å². The van der Waals surface area contributed by atoms with Crippen LogP contribution in [0.15, 0.2) is 0 Å². The molecular weight excluding hydrogens is 216 g/mol. The van der Waals surface area contributed by atoms with Crippen molar-refractivity contribution in [1.82, 2.24) is 0 Å². The van der Waals surface area contributed by atoms with Crippen molar-refractivity contribution < 1.29 is 0 Å². The first-order valence-corrected chi connectivity index (χ1v) is 6.23. The summed E-state index contributed by atoms with van der Waals surface area (Å²) >= 11 is 0. The molecule has 0 aliphatic rings. The molecule has 3 unspecified atom stereocenters. The van der Waals surface area contributed by atoms with Crippen molar-refractivity contribution in [2.75, 3.05) is 19.6 Å². The van der Waals surface area contributed by atoms with Crippen molar-refractivity contribution in [3.8, 4) is 0 Å². The molecule has 0 fully saturated rings. The highest BCUT2D eigenvalue weighted by Crippen LogP contribution is 2.35. The lowest BCUT2D eigenvalue weighted by Gasteiger charge is -2.48. The van der Waals surface area contributed by atoms with E-state index in [9.17, 15) is 0 Å². The standard InChI is InChI=1S/C11H30N6/c1-7(2)3-11(8(15)4-12,9(16)5-13)10(17)6-14/h7-10H,3-6,12-17H2,1-2H3. The first kappa shape index (κ1) is 16.8. The van der Waals surface area contributed by atoms with Crippen molar-refractivity contribution in [2.45, 2.75) is 38.4 Å². The Morgan fingerprint density at radius 1 is 0.765 bits per heavy atom. The van der Waals surface area contributed by atoms with Crippen LogP contribution in [0.5, 0.6) is 0 Å². The molecule has 0 aromatic heterocycles. The molecule has 6 heteroatoms. The Bertz CT molecular complexity index is 182. The van der Waals surface area contributed by atoms with Crippen molar-refractivity contribution >= 4 is 0 Å². The molecule has 0 saturated carbocycles. The molecule has 0 saturated heterocycles. The van der Waals surface area contributed by atoms with Gasteiger partial charge in [-0.3, -0.25) is 0 Å². The van der Waals surface area contributed by atoms with Crippen molar-refractivity contribution in [2.24, 2.45) is 45.7 Å². The van der Waals surface area contributed by atoms with E-state index in [1.165, 1.54) is 0 Å². The maximum absolute atomic E-state index is 6.16. The zero-order valence-electron chi connectivity index (χ0n) is 11.1. The second kappa shape index (κ2) is 7.25. The van der Waals surface area contributed by atoms with Gasteiger partial charge in [0.15, 0.2) is 0 Å². The molecule has 0 radical (unpaired) electrons. The van der Waals surface area contributed by atoms with Gasteiger partial charge in [-0.15, -0.1) is 0 Å². The average Bonchev–Trinajstić information content (AvgIpc) is 2.32. The van der Waals surface area contributed by atoms with Crippen LogP contribution in [-0.2, 0) is 0 Å². The van der Waals surface area contributed by atoms with Gasteiger partial charge in [0, 0.05) is 43.2 Å². The molecule has 104 valence electrons. The molecule has 12 N–H and O–H groups in total. The van der Waals surface area contributed by atoms with Crippen LogP contribution in [0.25, 0.3) is 0 Å². The second-order valence-electron chi connectivity index (χ2n) is 5.24. The van der Waals surface area contributed by atoms with Crippen LogP contribution in [0.3, 0.4) is 0 Å². The molecular formula is C11H30N6. The van der Waals surface area contributed by atoms with E-state index in [2.05, 4.69) is 13.8 Å². The molecule has 0 heterocycles. The summed E-state index contributed by atoms with van der Waals surface area (Å²) in [7, 11) is 0. The molecule has 0 aromatic carbocycles. The summed E-state index contributed by atoms with van der Waals surface area (Å²) in [5, 5.41) is 0. The fourth-order valence-electron chi connectivity index (χ4n) is 2.64. The summed E-state index contributed by atoms with van der Waals surface area (Å²) in [6, 6.07) is -0.869. The average molecular weight is 246 g/mol. The van der Waals surface area contributed by atoms with Crippen LogP contribution < -0.4 is 34.4 Å². The Hall–Kier alpha value is -0.240. The van der Waals surface area contributed by atoms with Crippen LogP contribution in [0, 0.1) is 11.3 Å². The minimum atomic E-state index is -0.494. The monoisotopic (exact) mass is 246 g/mol. The summed E-state index contributed by atoms with van der Waals surface area (Å²) < 4.78 is 0. The number of nitrogens with two attached hydrogens (primary N) is 6. The Kier molecular flexibility index (Phi) is 7.15. The third-order valence-corrected chi connectivity index (χ3v) is 3.59. The van der Waals surface area contributed by atoms with Crippen molar-refractivity contribution in [1.29, 1.82) is 0 Å². The lowest BCUT2D eigenvalue weighted by Crippen LogP contribution is -2.68. The number of hydrogen-bond acceptors (Lipinski definition) is 6. The van der Waals surface area contributed by atoms with Gasteiger partial charge in [0.25, 0.3) is 0 Å². The first-order valence-electron chi connectivity index (χ1n) is 6.23.